The summed E-state index contributed by atoms with van der Waals surface area (Å²) in [5.41, 5.74) is 0.968. The summed E-state index contributed by atoms with van der Waals surface area (Å²) in [5, 5.41) is 8.43. The number of hydrogen-bond acceptors (Lipinski definition) is 5. The van der Waals surface area contributed by atoms with Gasteiger partial charge in [-0.1, -0.05) is 26.0 Å². The summed E-state index contributed by atoms with van der Waals surface area (Å²) >= 11 is 0. The monoisotopic (exact) mass is 342 g/mol. The zero-order valence-corrected chi connectivity index (χ0v) is 14.6. The number of benzene rings is 1. The van der Waals surface area contributed by atoms with Crippen molar-refractivity contribution < 1.29 is 4.39 Å². The van der Waals surface area contributed by atoms with Crippen molar-refractivity contribution in [2.75, 3.05) is 31.5 Å². The summed E-state index contributed by atoms with van der Waals surface area (Å²) in [5.74, 6) is 0.395. The van der Waals surface area contributed by atoms with E-state index in [9.17, 15) is 4.39 Å². The van der Waals surface area contributed by atoms with Crippen molar-refractivity contribution >= 4 is 16.9 Å². The molecule has 132 valence electrons. The van der Waals surface area contributed by atoms with Gasteiger partial charge in [-0.25, -0.2) is 19.0 Å². The molecule has 0 unspecified atom stereocenters. The average Bonchev–Trinajstić information content (AvgIpc) is 3.07. The average molecular weight is 342 g/mol. The molecule has 3 aromatic rings. The number of hydrogen-bond donors (Lipinski definition) is 1. The van der Waals surface area contributed by atoms with Crippen LogP contribution in [-0.2, 0) is 0 Å². The Morgan fingerprint density at radius 3 is 2.72 bits per heavy atom. The molecule has 0 aliphatic heterocycles. The summed E-state index contributed by atoms with van der Waals surface area (Å²) in [6.07, 6.45) is 4.18. The van der Waals surface area contributed by atoms with Gasteiger partial charge in [0.15, 0.2) is 5.65 Å². The minimum Gasteiger partial charge on any atom is -0.369 e. The number of para-hydroxylation sites is 1. The SMILES string of the molecule is CCN(CC)CCCNc1ncnc2c1cnn2-c1ccccc1F. The number of aromatic nitrogens is 4. The second kappa shape index (κ2) is 8.02. The Morgan fingerprint density at radius 1 is 1.16 bits per heavy atom. The summed E-state index contributed by atoms with van der Waals surface area (Å²) in [6, 6.07) is 6.53. The van der Waals surface area contributed by atoms with E-state index in [0.717, 1.165) is 43.8 Å². The molecule has 0 atom stereocenters. The lowest BCUT2D eigenvalue weighted by Crippen LogP contribution is -2.25. The summed E-state index contributed by atoms with van der Waals surface area (Å²) in [6.45, 7) is 8.31. The Morgan fingerprint density at radius 2 is 1.96 bits per heavy atom. The summed E-state index contributed by atoms with van der Waals surface area (Å²) in [7, 11) is 0. The van der Waals surface area contributed by atoms with Crippen molar-refractivity contribution in [2.45, 2.75) is 20.3 Å². The van der Waals surface area contributed by atoms with E-state index in [1.54, 1.807) is 24.4 Å². The number of nitrogens with zero attached hydrogens (tertiary/aromatic N) is 5. The first-order valence-corrected chi connectivity index (χ1v) is 8.64. The third-order valence-electron chi connectivity index (χ3n) is 4.28. The molecule has 0 bridgehead atoms. The van der Waals surface area contributed by atoms with Gasteiger partial charge in [-0.15, -0.1) is 0 Å². The molecule has 1 aromatic carbocycles. The molecule has 0 saturated carbocycles. The van der Waals surface area contributed by atoms with Crippen LogP contribution < -0.4 is 5.32 Å². The second-order valence-electron chi connectivity index (χ2n) is 5.77. The molecule has 2 heterocycles. The van der Waals surface area contributed by atoms with Gasteiger partial charge in [0, 0.05) is 6.54 Å². The predicted molar refractivity (Wildman–Crippen MR) is 97.5 cm³/mol. The molecule has 0 aliphatic rings. The Hall–Kier alpha value is -2.54. The molecule has 2 aromatic heterocycles. The minimum absolute atomic E-state index is 0.333. The Bertz CT molecular complexity index is 827. The molecular weight excluding hydrogens is 319 g/mol. The highest BCUT2D eigenvalue weighted by Gasteiger charge is 2.13. The highest BCUT2D eigenvalue weighted by molar-refractivity contribution is 5.87. The van der Waals surface area contributed by atoms with Crippen LogP contribution in [0.2, 0.25) is 0 Å². The maximum absolute atomic E-state index is 14.0. The van der Waals surface area contributed by atoms with E-state index < -0.39 is 0 Å². The maximum Gasteiger partial charge on any atom is 0.168 e. The van der Waals surface area contributed by atoms with Gasteiger partial charge < -0.3 is 10.2 Å². The molecule has 0 saturated heterocycles. The van der Waals surface area contributed by atoms with Gasteiger partial charge in [0.25, 0.3) is 0 Å². The van der Waals surface area contributed by atoms with Crippen molar-refractivity contribution in [3.63, 3.8) is 0 Å². The standard InChI is InChI=1S/C18H23FN6/c1-3-24(4-2)11-7-10-20-17-14-12-23-25(18(14)22-13-21-17)16-9-6-5-8-15(16)19/h5-6,8-9,12-13H,3-4,7,10-11H2,1-2H3,(H,20,21,22). The third-order valence-corrected chi connectivity index (χ3v) is 4.28. The molecule has 6 nitrogen and oxygen atoms in total. The molecule has 0 amide bonds. The largest absolute Gasteiger partial charge is 0.369 e. The number of nitrogens with one attached hydrogen (secondary N) is 1. The van der Waals surface area contributed by atoms with E-state index in [1.807, 2.05) is 0 Å². The number of halogens is 1. The van der Waals surface area contributed by atoms with Gasteiger partial charge in [0.05, 0.1) is 11.6 Å². The molecule has 0 radical (unpaired) electrons. The van der Waals surface area contributed by atoms with Crippen molar-refractivity contribution in [1.82, 2.24) is 24.6 Å². The fourth-order valence-corrected chi connectivity index (χ4v) is 2.83. The van der Waals surface area contributed by atoms with Gasteiger partial charge in [-0.05, 0) is 38.2 Å². The van der Waals surface area contributed by atoms with E-state index in [2.05, 4.69) is 39.1 Å². The van der Waals surface area contributed by atoms with Crippen molar-refractivity contribution in [2.24, 2.45) is 0 Å². The first-order chi connectivity index (χ1) is 12.2. The molecule has 7 heteroatoms. The van der Waals surface area contributed by atoms with Crippen molar-refractivity contribution in [1.29, 1.82) is 0 Å². The number of anilines is 1. The summed E-state index contributed by atoms with van der Waals surface area (Å²) in [4.78, 5) is 11.0. The van der Waals surface area contributed by atoms with Crippen LogP contribution in [0.15, 0.2) is 36.8 Å². The second-order valence-corrected chi connectivity index (χ2v) is 5.77. The van der Waals surface area contributed by atoms with E-state index in [1.165, 1.54) is 17.1 Å². The molecule has 0 spiro atoms. The van der Waals surface area contributed by atoms with Crippen LogP contribution in [-0.4, -0.2) is 50.8 Å². The van der Waals surface area contributed by atoms with Crippen LogP contribution in [0.3, 0.4) is 0 Å². The minimum atomic E-state index is -0.333. The molecule has 3 rings (SSSR count). The normalized spacial score (nSPS) is 11.4. The van der Waals surface area contributed by atoms with E-state index in [-0.39, 0.29) is 5.82 Å². The zero-order chi connectivity index (χ0) is 17.6. The lowest BCUT2D eigenvalue weighted by atomic mass is 10.3. The van der Waals surface area contributed by atoms with Crippen LogP contribution in [0, 0.1) is 5.82 Å². The molecule has 25 heavy (non-hydrogen) atoms. The van der Waals surface area contributed by atoms with E-state index >= 15 is 0 Å². The van der Waals surface area contributed by atoms with Crippen LogP contribution in [0.4, 0.5) is 10.2 Å². The number of rotatable bonds is 8. The highest BCUT2D eigenvalue weighted by Crippen LogP contribution is 2.22. The van der Waals surface area contributed by atoms with Crippen molar-refractivity contribution in [3.05, 3.63) is 42.6 Å². The smallest absolute Gasteiger partial charge is 0.168 e. The number of fused-ring (bicyclic) bond motifs is 1. The Labute approximate surface area is 146 Å². The Kier molecular flexibility index (Phi) is 5.55. The van der Waals surface area contributed by atoms with Crippen LogP contribution >= 0.6 is 0 Å². The first kappa shape index (κ1) is 17.3. The molecule has 0 fully saturated rings. The highest BCUT2D eigenvalue weighted by atomic mass is 19.1. The van der Waals surface area contributed by atoms with Gasteiger partial charge >= 0.3 is 0 Å². The van der Waals surface area contributed by atoms with Crippen molar-refractivity contribution in [3.8, 4) is 5.69 Å². The maximum atomic E-state index is 14.0. The molecule has 1 N–H and O–H groups in total. The summed E-state index contributed by atoms with van der Waals surface area (Å²) < 4.78 is 15.6. The van der Waals surface area contributed by atoms with Crippen LogP contribution in [0.1, 0.15) is 20.3 Å². The van der Waals surface area contributed by atoms with Gasteiger partial charge in [-0.2, -0.15) is 5.10 Å². The lowest BCUT2D eigenvalue weighted by Gasteiger charge is -2.17. The van der Waals surface area contributed by atoms with E-state index in [0.29, 0.717) is 11.3 Å². The molecule has 0 aliphatic carbocycles. The topological polar surface area (TPSA) is 58.9 Å². The van der Waals surface area contributed by atoms with Crippen LogP contribution in [0.5, 0.6) is 0 Å². The zero-order valence-electron chi connectivity index (χ0n) is 14.6. The third kappa shape index (κ3) is 3.76. The quantitative estimate of drug-likeness (QED) is 0.638. The fraction of sp³-hybridized carbons (Fsp3) is 0.389. The molecular formula is C18H23FN6. The fourth-order valence-electron chi connectivity index (χ4n) is 2.83. The lowest BCUT2D eigenvalue weighted by molar-refractivity contribution is 0.303. The van der Waals surface area contributed by atoms with Crippen LogP contribution in [0.25, 0.3) is 16.7 Å². The predicted octanol–water partition coefficient (Wildman–Crippen LogP) is 3.10. The van der Waals surface area contributed by atoms with E-state index in [4.69, 9.17) is 0 Å². The van der Waals surface area contributed by atoms with Gasteiger partial charge in [-0.3, -0.25) is 0 Å². The Balaban J connectivity index is 1.77. The van der Waals surface area contributed by atoms with Gasteiger partial charge in [0.1, 0.15) is 23.6 Å². The van der Waals surface area contributed by atoms with Gasteiger partial charge in [0.2, 0.25) is 0 Å². The first-order valence-electron chi connectivity index (χ1n) is 8.64.